The zero-order chi connectivity index (χ0) is 14.0. The van der Waals surface area contributed by atoms with Gasteiger partial charge >= 0.3 is 0 Å². The maximum absolute atomic E-state index is 12.3. The summed E-state index contributed by atoms with van der Waals surface area (Å²) < 4.78 is 4.22. The van der Waals surface area contributed by atoms with Gasteiger partial charge in [-0.2, -0.15) is 10.2 Å². The molecule has 2 aromatic heterocycles. The Bertz CT molecular complexity index is 586. The third kappa shape index (κ3) is 2.86. The molecule has 2 aromatic rings. The first-order valence-electron chi connectivity index (χ1n) is 5.87. The molecule has 0 atom stereocenters. The predicted molar refractivity (Wildman–Crippen MR) is 74.3 cm³/mol. The Morgan fingerprint density at radius 1 is 1.47 bits per heavy atom. The molecular weight excluding hydrogens is 310 g/mol. The molecule has 6 nitrogen and oxygen atoms in total. The van der Waals surface area contributed by atoms with Gasteiger partial charge in [0.1, 0.15) is 5.54 Å². The number of hydrogen-bond acceptors (Lipinski definition) is 3. The average Bonchev–Trinajstić information content (AvgIpc) is 2.95. The molecule has 0 bridgehead atoms. The summed E-state index contributed by atoms with van der Waals surface area (Å²) in [6.45, 7) is 4.09. The Balaban J connectivity index is 2.05. The van der Waals surface area contributed by atoms with Crippen LogP contribution in [0, 0.1) is 0 Å². The van der Waals surface area contributed by atoms with E-state index in [0.717, 1.165) is 10.2 Å². The normalized spacial score (nSPS) is 11.6. The van der Waals surface area contributed by atoms with Crippen LogP contribution in [0.4, 0.5) is 0 Å². The minimum Gasteiger partial charge on any atom is -0.348 e. The quantitative estimate of drug-likeness (QED) is 0.924. The van der Waals surface area contributed by atoms with Crippen molar-refractivity contribution in [3.63, 3.8) is 0 Å². The number of aryl methyl sites for hydroxylation is 1. The van der Waals surface area contributed by atoms with Crippen LogP contribution in [0.1, 0.15) is 19.5 Å². The van der Waals surface area contributed by atoms with Crippen molar-refractivity contribution in [3.8, 4) is 0 Å². The molecule has 1 N–H and O–H groups in total. The smallest absolute Gasteiger partial charge is 0.247 e. The van der Waals surface area contributed by atoms with Crippen LogP contribution in [-0.2, 0) is 23.9 Å². The van der Waals surface area contributed by atoms with E-state index in [-0.39, 0.29) is 5.91 Å². The number of rotatable bonds is 4. The fourth-order valence-electron chi connectivity index (χ4n) is 1.67. The molecule has 7 heteroatoms. The number of nitrogens with zero attached hydrogens (tertiary/aromatic N) is 4. The van der Waals surface area contributed by atoms with Gasteiger partial charge in [0, 0.05) is 19.4 Å². The molecule has 0 saturated heterocycles. The molecule has 0 aliphatic carbocycles. The van der Waals surface area contributed by atoms with Crippen molar-refractivity contribution in [3.05, 3.63) is 34.8 Å². The second-order valence-corrected chi connectivity index (χ2v) is 5.71. The summed E-state index contributed by atoms with van der Waals surface area (Å²) in [5.41, 5.74) is 0.204. The third-order valence-electron chi connectivity index (χ3n) is 3.03. The lowest BCUT2D eigenvalue weighted by Gasteiger charge is -2.24. The van der Waals surface area contributed by atoms with Crippen molar-refractivity contribution in [1.82, 2.24) is 24.9 Å². The first-order chi connectivity index (χ1) is 8.91. The Hall–Kier alpha value is -1.63. The van der Waals surface area contributed by atoms with Gasteiger partial charge in [0.15, 0.2) is 0 Å². The first-order valence-corrected chi connectivity index (χ1v) is 6.66. The fourth-order valence-corrected chi connectivity index (χ4v) is 1.96. The summed E-state index contributed by atoms with van der Waals surface area (Å²) in [5.74, 6) is -0.0932. The lowest BCUT2D eigenvalue weighted by atomic mass is 10.1. The maximum Gasteiger partial charge on any atom is 0.247 e. The number of aromatic nitrogens is 4. The highest BCUT2D eigenvalue weighted by Gasteiger charge is 2.30. The topological polar surface area (TPSA) is 64.7 Å². The Labute approximate surface area is 119 Å². The van der Waals surface area contributed by atoms with Crippen LogP contribution in [-0.4, -0.2) is 25.5 Å². The number of halogens is 1. The molecule has 0 radical (unpaired) electrons. The second kappa shape index (κ2) is 5.16. The molecule has 2 rings (SSSR count). The molecule has 0 saturated carbocycles. The Morgan fingerprint density at radius 3 is 2.74 bits per heavy atom. The highest BCUT2D eigenvalue weighted by molar-refractivity contribution is 9.10. The number of carbonyl (C=O) groups is 1. The largest absolute Gasteiger partial charge is 0.348 e. The van der Waals surface area contributed by atoms with E-state index in [1.807, 2.05) is 27.0 Å². The summed E-state index contributed by atoms with van der Waals surface area (Å²) in [4.78, 5) is 12.3. The van der Waals surface area contributed by atoms with Crippen molar-refractivity contribution >= 4 is 21.8 Å². The summed E-state index contributed by atoms with van der Waals surface area (Å²) in [6, 6.07) is 1.87. The van der Waals surface area contributed by atoms with Gasteiger partial charge in [-0.3, -0.25) is 14.2 Å². The lowest BCUT2D eigenvalue weighted by molar-refractivity contribution is -0.129. The van der Waals surface area contributed by atoms with Gasteiger partial charge in [-0.1, -0.05) is 0 Å². The van der Waals surface area contributed by atoms with E-state index >= 15 is 0 Å². The second-order valence-electron chi connectivity index (χ2n) is 4.79. The van der Waals surface area contributed by atoms with E-state index in [4.69, 9.17) is 0 Å². The number of nitrogens with one attached hydrogen (secondary N) is 1. The van der Waals surface area contributed by atoms with Crippen LogP contribution in [0.2, 0.25) is 0 Å². The van der Waals surface area contributed by atoms with Crippen molar-refractivity contribution in [2.45, 2.75) is 25.9 Å². The van der Waals surface area contributed by atoms with E-state index in [2.05, 4.69) is 31.4 Å². The van der Waals surface area contributed by atoms with Gasteiger partial charge in [0.05, 0.1) is 22.9 Å². The van der Waals surface area contributed by atoms with Crippen molar-refractivity contribution in [2.75, 3.05) is 0 Å². The molecule has 0 fully saturated rings. The molecule has 0 aliphatic heterocycles. The molecule has 0 aromatic carbocycles. The zero-order valence-corrected chi connectivity index (χ0v) is 12.7. The van der Waals surface area contributed by atoms with Crippen molar-refractivity contribution < 1.29 is 4.79 Å². The van der Waals surface area contributed by atoms with Crippen LogP contribution in [0.5, 0.6) is 0 Å². The molecule has 0 spiro atoms. The van der Waals surface area contributed by atoms with Gasteiger partial charge in [-0.15, -0.1) is 0 Å². The van der Waals surface area contributed by atoms with Crippen molar-refractivity contribution in [1.29, 1.82) is 0 Å². The van der Waals surface area contributed by atoms with Crippen LogP contribution < -0.4 is 5.32 Å². The molecule has 0 unspecified atom stereocenters. The van der Waals surface area contributed by atoms with E-state index in [0.29, 0.717) is 6.54 Å². The third-order valence-corrected chi connectivity index (χ3v) is 3.44. The van der Waals surface area contributed by atoms with E-state index in [1.54, 1.807) is 28.0 Å². The predicted octanol–water partition coefficient (Wildman–Crippen LogP) is 1.43. The number of hydrogen-bond donors (Lipinski definition) is 1. The molecule has 2 heterocycles. The lowest BCUT2D eigenvalue weighted by Crippen LogP contribution is -2.44. The number of carbonyl (C=O) groups excluding carboxylic acids is 1. The van der Waals surface area contributed by atoms with Crippen molar-refractivity contribution in [2.24, 2.45) is 7.05 Å². The first kappa shape index (κ1) is 13.8. The van der Waals surface area contributed by atoms with Gasteiger partial charge < -0.3 is 5.32 Å². The summed E-state index contributed by atoms with van der Waals surface area (Å²) in [7, 11) is 1.84. The van der Waals surface area contributed by atoms with E-state index < -0.39 is 5.54 Å². The SMILES string of the molecule is Cn1nccc1CNC(=O)C(C)(C)n1cc(Br)cn1. The van der Waals surface area contributed by atoms with Gasteiger partial charge in [0.25, 0.3) is 0 Å². The molecule has 0 aliphatic rings. The minimum absolute atomic E-state index is 0.0932. The summed E-state index contributed by atoms with van der Waals surface area (Å²) in [5, 5.41) is 11.1. The van der Waals surface area contributed by atoms with Crippen LogP contribution in [0.15, 0.2) is 29.1 Å². The van der Waals surface area contributed by atoms with Crippen LogP contribution in [0.25, 0.3) is 0 Å². The zero-order valence-electron chi connectivity index (χ0n) is 11.1. The maximum atomic E-state index is 12.3. The average molecular weight is 326 g/mol. The van der Waals surface area contributed by atoms with Gasteiger partial charge in [0.2, 0.25) is 5.91 Å². The number of amides is 1. The standard InChI is InChI=1S/C12H16BrN5O/c1-12(2,18-8-9(13)6-16-18)11(19)14-7-10-4-5-15-17(10)3/h4-6,8H,7H2,1-3H3,(H,14,19). The Morgan fingerprint density at radius 2 is 2.21 bits per heavy atom. The highest BCUT2D eigenvalue weighted by atomic mass is 79.9. The fraction of sp³-hybridized carbons (Fsp3) is 0.417. The van der Waals surface area contributed by atoms with E-state index in [9.17, 15) is 4.79 Å². The molecular formula is C12H16BrN5O. The monoisotopic (exact) mass is 325 g/mol. The van der Waals surface area contributed by atoms with Crippen LogP contribution >= 0.6 is 15.9 Å². The summed E-state index contributed by atoms with van der Waals surface area (Å²) in [6.07, 6.45) is 5.15. The Kier molecular flexibility index (Phi) is 3.75. The highest BCUT2D eigenvalue weighted by Crippen LogP contribution is 2.17. The molecule has 1 amide bonds. The van der Waals surface area contributed by atoms with E-state index in [1.165, 1.54) is 0 Å². The van der Waals surface area contributed by atoms with Gasteiger partial charge in [-0.25, -0.2) is 0 Å². The minimum atomic E-state index is -0.745. The van der Waals surface area contributed by atoms with Crippen LogP contribution in [0.3, 0.4) is 0 Å². The molecule has 102 valence electrons. The summed E-state index contributed by atoms with van der Waals surface area (Å²) >= 11 is 3.33. The molecule has 19 heavy (non-hydrogen) atoms. The van der Waals surface area contributed by atoms with Gasteiger partial charge in [-0.05, 0) is 35.8 Å².